The maximum atomic E-state index is 13.1. The van der Waals surface area contributed by atoms with E-state index in [0.29, 0.717) is 32.6 Å². The first-order valence-electron chi connectivity index (χ1n) is 10.9. The van der Waals surface area contributed by atoms with Crippen molar-refractivity contribution >= 4 is 17.6 Å². The van der Waals surface area contributed by atoms with Gasteiger partial charge in [-0.25, -0.2) is 4.39 Å². The van der Waals surface area contributed by atoms with Gasteiger partial charge in [-0.1, -0.05) is 0 Å². The maximum Gasteiger partial charge on any atom is 0.224 e. The molecule has 1 amide bonds. The summed E-state index contributed by atoms with van der Waals surface area (Å²) in [6.07, 6.45) is 2.53. The lowest BCUT2D eigenvalue weighted by molar-refractivity contribution is -0.131. The minimum Gasteiger partial charge on any atom is -0.373 e. The molecule has 1 atom stereocenters. The Bertz CT molecular complexity index is 711. The summed E-state index contributed by atoms with van der Waals surface area (Å²) >= 11 is 0. The minimum atomic E-state index is -0.231. The fourth-order valence-electron chi connectivity index (χ4n) is 3.86. The molecular formula is C22H34FN5O2. The Morgan fingerprint density at radius 1 is 1.20 bits per heavy atom. The zero-order valence-electron chi connectivity index (χ0n) is 18.1. The van der Waals surface area contributed by atoms with Gasteiger partial charge < -0.3 is 25.2 Å². The number of aliphatic imine (C=N–C) groups is 1. The number of ether oxygens (including phenoxy) is 1. The Morgan fingerprint density at radius 3 is 2.57 bits per heavy atom. The highest BCUT2D eigenvalue weighted by Crippen LogP contribution is 2.25. The predicted octanol–water partition coefficient (Wildman–Crippen LogP) is 1.99. The number of hydrogen-bond donors (Lipinski definition) is 2. The van der Waals surface area contributed by atoms with Crippen molar-refractivity contribution in [1.82, 2.24) is 15.5 Å². The zero-order valence-corrected chi connectivity index (χ0v) is 18.1. The molecule has 2 fully saturated rings. The van der Waals surface area contributed by atoms with Gasteiger partial charge in [0.15, 0.2) is 5.96 Å². The molecule has 2 heterocycles. The molecule has 8 heteroatoms. The number of hydrogen-bond acceptors (Lipinski definition) is 4. The van der Waals surface area contributed by atoms with Crippen LogP contribution in [0.25, 0.3) is 0 Å². The van der Waals surface area contributed by atoms with Crippen molar-refractivity contribution in [2.45, 2.75) is 38.7 Å². The van der Waals surface area contributed by atoms with E-state index in [1.54, 1.807) is 12.1 Å². The molecule has 0 radical (unpaired) electrons. The minimum absolute atomic E-state index is 0.142. The Kier molecular flexibility index (Phi) is 7.90. The largest absolute Gasteiger partial charge is 0.373 e. The van der Waals surface area contributed by atoms with E-state index in [4.69, 9.17) is 4.74 Å². The van der Waals surface area contributed by atoms with E-state index >= 15 is 0 Å². The lowest BCUT2D eigenvalue weighted by Gasteiger charge is -2.36. The van der Waals surface area contributed by atoms with E-state index in [0.717, 1.165) is 50.7 Å². The second kappa shape index (κ2) is 10.6. The molecule has 0 spiro atoms. The van der Waals surface area contributed by atoms with Crippen LogP contribution in [0.5, 0.6) is 0 Å². The second-order valence-corrected chi connectivity index (χ2v) is 8.12. The van der Waals surface area contributed by atoms with Crippen molar-refractivity contribution in [1.29, 1.82) is 0 Å². The average Bonchev–Trinajstić information content (AvgIpc) is 3.19. The quantitative estimate of drug-likeness (QED) is 0.523. The average molecular weight is 420 g/mol. The lowest BCUT2D eigenvalue weighted by atomic mass is 10.0. The number of amides is 1. The normalized spacial score (nSPS) is 22.3. The monoisotopic (exact) mass is 419 g/mol. The van der Waals surface area contributed by atoms with Gasteiger partial charge in [-0.3, -0.25) is 9.79 Å². The van der Waals surface area contributed by atoms with Crippen LogP contribution in [0.2, 0.25) is 0 Å². The summed E-state index contributed by atoms with van der Waals surface area (Å²) in [5.41, 5.74) is 0.819. The highest BCUT2D eigenvalue weighted by atomic mass is 19.1. The van der Waals surface area contributed by atoms with E-state index in [1.807, 2.05) is 11.8 Å². The summed E-state index contributed by atoms with van der Waals surface area (Å²) in [5, 5.41) is 6.49. The van der Waals surface area contributed by atoms with E-state index in [2.05, 4.69) is 27.4 Å². The SMILES string of the molecule is CCNC(=NCC1(C)CCCO1)NCCC(=O)N1CCN(c2ccc(F)cc2)CC1. The standard InChI is InChI=1S/C22H34FN5O2/c1-3-24-21(26-17-22(2)10-4-16-30-22)25-11-9-20(29)28-14-12-27(13-15-28)19-7-5-18(23)6-8-19/h5-8H,3-4,9-17H2,1-2H3,(H2,24,25,26). The van der Waals surface area contributed by atoms with Crippen molar-refractivity contribution in [3.8, 4) is 0 Å². The Labute approximate surface area is 178 Å². The van der Waals surface area contributed by atoms with Crippen LogP contribution in [-0.2, 0) is 9.53 Å². The molecule has 7 nitrogen and oxygen atoms in total. The molecule has 2 aliphatic rings. The molecule has 30 heavy (non-hydrogen) atoms. The highest BCUT2D eigenvalue weighted by molar-refractivity contribution is 5.81. The topological polar surface area (TPSA) is 69.2 Å². The van der Waals surface area contributed by atoms with Crippen molar-refractivity contribution in [3.63, 3.8) is 0 Å². The van der Waals surface area contributed by atoms with Crippen molar-refractivity contribution in [2.24, 2.45) is 4.99 Å². The van der Waals surface area contributed by atoms with Gasteiger partial charge in [0.05, 0.1) is 12.1 Å². The maximum absolute atomic E-state index is 13.1. The number of piperazine rings is 1. The van der Waals surface area contributed by atoms with Crippen LogP contribution in [0, 0.1) is 5.82 Å². The van der Waals surface area contributed by atoms with Crippen LogP contribution in [0.4, 0.5) is 10.1 Å². The van der Waals surface area contributed by atoms with Gasteiger partial charge in [0.2, 0.25) is 5.91 Å². The smallest absolute Gasteiger partial charge is 0.224 e. The third kappa shape index (κ3) is 6.32. The Morgan fingerprint density at radius 2 is 1.93 bits per heavy atom. The molecule has 2 N–H and O–H groups in total. The number of anilines is 1. The van der Waals surface area contributed by atoms with Gasteiger partial charge in [-0.2, -0.15) is 0 Å². The molecule has 2 aliphatic heterocycles. The molecule has 0 saturated carbocycles. The lowest BCUT2D eigenvalue weighted by Crippen LogP contribution is -2.49. The number of rotatable bonds is 7. The van der Waals surface area contributed by atoms with Crippen molar-refractivity contribution in [3.05, 3.63) is 30.1 Å². The molecule has 0 aromatic heterocycles. The fraction of sp³-hybridized carbons (Fsp3) is 0.636. The molecule has 166 valence electrons. The Balaban J connectivity index is 1.40. The summed E-state index contributed by atoms with van der Waals surface area (Å²) in [5.74, 6) is 0.636. The number of carbonyl (C=O) groups excluding carboxylic acids is 1. The van der Waals surface area contributed by atoms with E-state index in [-0.39, 0.29) is 17.3 Å². The van der Waals surface area contributed by atoms with Gasteiger partial charge in [-0.15, -0.1) is 0 Å². The molecule has 3 rings (SSSR count). The summed E-state index contributed by atoms with van der Waals surface area (Å²) in [6, 6.07) is 6.52. The zero-order chi connectivity index (χ0) is 21.4. The second-order valence-electron chi connectivity index (χ2n) is 8.12. The van der Waals surface area contributed by atoms with Crippen LogP contribution in [0.3, 0.4) is 0 Å². The summed E-state index contributed by atoms with van der Waals surface area (Å²) in [4.78, 5) is 21.3. The molecule has 2 saturated heterocycles. The molecule has 0 aliphatic carbocycles. The number of guanidine groups is 1. The first-order chi connectivity index (χ1) is 14.5. The molecule has 0 bridgehead atoms. The van der Waals surface area contributed by atoms with Crippen LogP contribution in [-0.4, -0.2) is 74.8 Å². The Hall–Kier alpha value is -2.35. The van der Waals surface area contributed by atoms with Crippen LogP contribution in [0.1, 0.15) is 33.1 Å². The van der Waals surface area contributed by atoms with Crippen LogP contribution < -0.4 is 15.5 Å². The summed E-state index contributed by atoms with van der Waals surface area (Å²) in [7, 11) is 0. The number of benzene rings is 1. The molecular weight excluding hydrogens is 385 g/mol. The first kappa shape index (κ1) is 22.3. The van der Waals surface area contributed by atoms with E-state index in [9.17, 15) is 9.18 Å². The number of halogens is 1. The number of carbonyl (C=O) groups is 1. The molecule has 1 unspecified atom stereocenters. The number of nitrogens with zero attached hydrogens (tertiary/aromatic N) is 3. The highest BCUT2D eigenvalue weighted by Gasteiger charge is 2.29. The summed E-state index contributed by atoms with van der Waals surface area (Å²) in [6.45, 7) is 9.73. The third-order valence-electron chi connectivity index (χ3n) is 5.67. The van der Waals surface area contributed by atoms with Gasteiger partial charge in [-0.05, 0) is 51.0 Å². The third-order valence-corrected chi connectivity index (χ3v) is 5.67. The van der Waals surface area contributed by atoms with Gasteiger partial charge in [0.1, 0.15) is 5.82 Å². The van der Waals surface area contributed by atoms with E-state index < -0.39 is 0 Å². The number of nitrogens with one attached hydrogen (secondary N) is 2. The van der Waals surface area contributed by atoms with Gasteiger partial charge in [0.25, 0.3) is 0 Å². The van der Waals surface area contributed by atoms with Crippen LogP contribution in [0.15, 0.2) is 29.3 Å². The summed E-state index contributed by atoms with van der Waals surface area (Å²) < 4.78 is 18.9. The molecule has 1 aromatic rings. The molecule has 1 aromatic carbocycles. The van der Waals surface area contributed by atoms with Gasteiger partial charge in [0, 0.05) is 58.0 Å². The first-order valence-corrected chi connectivity index (χ1v) is 10.9. The predicted molar refractivity (Wildman–Crippen MR) is 117 cm³/mol. The van der Waals surface area contributed by atoms with Gasteiger partial charge >= 0.3 is 0 Å². The van der Waals surface area contributed by atoms with E-state index in [1.165, 1.54) is 12.1 Å². The van der Waals surface area contributed by atoms with Crippen LogP contribution >= 0.6 is 0 Å². The fourth-order valence-corrected chi connectivity index (χ4v) is 3.86. The van der Waals surface area contributed by atoms with Crippen molar-refractivity contribution in [2.75, 3.05) is 57.3 Å². The van der Waals surface area contributed by atoms with Crippen molar-refractivity contribution < 1.29 is 13.9 Å².